The van der Waals surface area contributed by atoms with E-state index in [0.29, 0.717) is 34.9 Å². The Hall–Kier alpha value is -4.69. The Morgan fingerprint density at radius 1 is 0.950 bits per heavy atom. The number of rotatable bonds is 8. The predicted molar refractivity (Wildman–Crippen MR) is 160 cm³/mol. The average molecular weight is 596 g/mol. The fraction of sp³-hybridized carbons (Fsp3) is 0.0938. The van der Waals surface area contributed by atoms with Crippen LogP contribution in [0.5, 0.6) is 11.5 Å². The molecular formula is C32H26BrN3O4. The van der Waals surface area contributed by atoms with E-state index in [0.717, 1.165) is 32.1 Å². The molecular weight excluding hydrogens is 570 g/mol. The van der Waals surface area contributed by atoms with Crippen LogP contribution in [-0.2, 0) is 0 Å². The number of benzene rings is 4. The van der Waals surface area contributed by atoms with E-state index in [1.165, 1.54) is 6.21 Å². The van der Waals surface area contributed by atoms with E-state index in [9.17, 15) is 9.59 Å². The van der Waals surface area contributed by atoms with Crippen molar-refractivity contribution in [1.82, 2.24) is 10.4 Å². The average Bonchev–Trinajstić information content (AvgIpc) is 3.33. The summed E-state index contributed by atoms with van der Waals surface area (Å²) in [6.07, 6.45) is 1.51. The van der Waals surface area contributed by atoms with Gasteiger partial charge in [-0.15, -0.1) is 0 Å². The van der Waals surface area contributed by atoms with Gasteiger partial charge in [-0.25, -0.2) is 10.2 Å². The number of fused-ring (bicyclic) bond motifs is 1. The molecule has 1 amide bonds. The highest BCUT2D eigenvalue weighted by atomic mass is 79.9. The third-order valence-corrected chi connectivity index (χ3v) is 6.65. The maximum atomic E-state index is 13.2. The van der Waals surface area contributed by atoms with Crippen molar-refractivity contribution in [1.29, 1.82) is 0 Å². The summed E-state index contributed by atoms with van der Waals surface area (Å²) in [6.45, 7) is 4.14. The Balaban J connectivity index is 1.36. The number of nitrogens with one attached hydrogen (secondary N) is 2. The van der Waals surface area contributed by atoms with Crippen molar-refractivity contribution in [2.24, 2.45) is 5.10 Å². The topological polar surface area (TPSA) is 92.8 Å². The second kappa shape index (κ2) is 12.0. The van der Waals surface area contributed by atoms with E-state index in [-0.39, 0.29) is 5.91 Å². The summed E-state index contributed by atoms with van der Waals surface area (Å²) in [5.74, 6) is -0.160. The summed E-state index contributed by atoms with van der Waals surface area (Å²) in [7, 11) is 0. The molecule has 0 saturated carbocycles. The van der Waals surface area contributed by atoms with Gasteiger partial charge in [-0.05, 0) is 73.5 Å². The van der Waals surface area contributed by atoms with Gasteiger partial charge in [-0.3, -0.25) is 4.79 Å². The molecule has 0 fully saturated rings. The number of aromatic amines is 1. The monoisotopic (exact) mass is 595 g/mol. The summed E-state index contributed by atoms with van der Waals surface area (Å²) in [5, 5.41) is 5.10. The van der Waals surface area contributed by atoms with E-state index in [1.54, 1.807) is 36.4 Å². The van der Waals surface area contributed by atoms with Gasteiger partial charge in [0, 0.05) is 20.9 Å². The van der Waals surface area contributed by atoms with E-state index in [1.807, 2.05) is 68.4 Å². The Morgan fingerprint density at radius 2 is 1.77 bits per heavy atom. The van der Waals surface area contributed by atoms with Crippen molar-refractivity contribution in [2.45, 2.75) is 13.8 Å². The first-order valence-corrected chi connectivity index (χ1v) is 13.5. The Morgan fingerprint density at radius 3 is 2.55 bits per heavy atom. The number of carbonyl (C=O) groups excluding carboxylic acids is 2. The highest BCUT2D eigenvalue weighted by Gasteiger charge is 2.19. The minimum absolute atomic E-state index is 0.297. The predicted octanol–water partition coefficient (Wildman–Crippen LogP) is 7.29. The van der Waals surface area contributed by atoms with Gasteiger partial charge in [0.25, 0.3) is 5.91 Å². The molecule has 4 aromatic carbocycles. The molecule has 7 nitrogen and oxygen atoms in total. The molecule has 5 aromatic rings. The van der Waals surface area contributed by atoms with Crippen LogP contribution in [0.15, 0.2) is 101 Å². The van der Waals surface area contributed by atoms with Crippen LogP contribution in [0.1, 0.15) is 38.9 Å². The molecule has 200 valence electrons. The fourth-order valence-electron chi connectivity index (χ4n) is 4.35. The number of ether oxygens (including phenoxy) is 2. The lowest BCUT2D eigenvalue weighted by Crippen LogP contribution is -2.18. The van der Waals surface area contributed by atoms with E-state index < -0.39 is 5.97 Å². The number of esters is 1. The van der Waals surface area contributed by atoms with Gasteiger partial charge in [0.15, 0.2) is 11.5 Å². The molecule has 8 heteroatoms. The molecule has 0 atom stereocenters. The maximum absolute atomic E-state index is 13.2. The van der Waals surface area contributed by atoms with E-state index in [4.69, 9.17) is 9.47 Å². The van der Waals surface area contributed by atoms with Crippen LogP contribution in [0.3, 0.4) is 0 Å². The smallest absolute Gasteiger partial charge is 0.343 e. The van der Waals surface area contributed by atoms with Crippen LogP contribution < -0.4 is 14.9 Å². The minimum Gasteiger partial charge on any atom is -0.490 e. The highest BCUT2D eigenvalue weighted by Crippen LogP contribution is 2.34. The number of carbonyl (C=O) groups is 2. The van der Waals surface area contributed by atoms with Crippen LogP contribution in [0.25, 0.3) is 22.0 Å². The van der Waals surface area contributed by atoms with Crippen molar-refractivity contribution in [3.63, 3.8) is 0 Å². The van der Waals surface area contributed by atoms with Gasteiger partial charge in [-0.1, -0.05) is 64.0 Å². The lowest BCUT2D eigenvalue weighted by molar-refractivity contribution is 0.0728. The number of halogens is 1. The molecule has 0 radical (unpaired) electrons. The molecule has 0 spiro atoms. The fourth-order valence-corrected chi connectivity index (χ4v) is 4.71. The molecule has 5 rings (SSSR count). The lowest BCUT2D eigenvalue weighted by atomic mass is 10.0. The van der Waals surface area contributed by atoms with E-state index in [2.05, 4.69) is 31.4 Å². The summed E-state index contributed by atoms with van der Waals surface area (Å²) in [5.41, 5.74) is 7.65. The van der Waals surface area contributed by atoms with Crippen LogP contribution in [0, 0.1) is 6.92 Å². The number of hydrogen-bond acceptors (Lipinski definition) is 5. The first kappa shape index (κ1) is 26.9. The molecule has 40 heavy (non-hydrogen) atoms. The summed E-state index contributed by atoms with van der Waals surface area (Å²) < 4.78 is 12.2. The summed E-state index contributed by atoms with van der Waals surface area (Å²) in [4.78, 5) is 29.1. The molecule has 0 aliphatic carbocycles. The molecule has 0 unspecified atom stereocenters. The molecule has 0 aliphatic heterocycles. The third kappa shape index (κ3) is 5.97. The maximum Gasteiger partial charge on any atom is 0.343 e. The molecule has 1 aromatic heterocycles. The van der Waals surface area contributed by atoms with Crippen LogP contribution in [-0.4, -0.2) is 29.7 Å². The number of aryl methyl sites for hydroxylation is 1. The Labute approximate surface area is 240 Å². The van der Waals surface area contributed by atoms with Crippen LogP contribution in [0.2, 0.25) is 0 Å². The van der Waals surface area contributed by atoms with Crippen molar-refractivity contribution >= 4 is 44.9 Å². The zero-order valence-corrected chi connectivity index (χ0v) is 23.5. The first-order chi connectivity index (χ1) is 19.4. The number of H-pyrrole nitrogens is 1. The molecule has 1 heterocycles. The molecule has 0 bridgehead atoms. The van der Waals surface area contributed by atoms with Crippen LogP contribution >= 0.6 is 15.9 Å². The Bertz CT molecular complexity index is 1730. The summed E-state index contributed by atoms with van der Waals surface area (Å²) in [6, 6.07) is 27.8. The van der Waals surface area contributed by atoms with E-state index >= 15 is 0 Å². The van der Waals surface area contributed by atoms with Gasteiger partial charge < -0.3 is 14.5 Å². The quantitative estimate of drug-likeness (QED) is 0.0852. The molecule has 0 aliphatic rings. The second-order valence-electron chi connectivity index (χ2n) is 9.03. The third-order valence-electron chi connectivity index (χ3n) is 6.15. The van der Waals surface area contributed by atoms with Gasteiger partial charge in [0.1, 0.15) is 5.69 Å². The largest absolute Gasteiger partial charge is 0.490 e. The summed E-state index contributed by atoms with van der Waals surface area (Å²) >= 11 is 3.53. The zero-order valence-electron chi connectivity index (χ0n) is 21.9. The van der Waals surface area contributed by atoms with Gasteiger partial charge in [-0.2, -0.15) is 5.10 Å². The number of hydrazone groups is 1. The Kier molecular flexibility index (Phi) is 8.07. The van der Waals surface area contributed by atoms with Crippen LogP contribution in [0.4, 0.5) is 0 Å². The number of nitrogens with zero attached hydrogens (tertiary/aromatic N) is 1. The first-order valence-electron chi connectivity index (χ1n) is 12.7. The number of aromatic nitrogens is 1. The van der Waals surface area contributed by atoms with Gasteiger partial charge in [0.05, 0.1) is 18.4 Å². The van der Waals surface area contributed by atoms with Gasteiger partial charge >= 0.3 is 5.97 Å². The van der Waals surface area contributed by atoms with Gasteiger partial charge in [0.2, 0.25) is 0 Å². The standard InChI is InChI=1S/C32H26BrN3O4/c1-3-39-28-17-21(12-15-27(28)40-32(38)23-11-7-8-20(2)16-23)19-34-36-31(37)30-29(22-9-5-4-6-10-22)25-18-24(33)13-14-26(25)35-30/h4-19,35H,3H2,1-2H3,(H,36,37). The SMILES string of the molecule is CCOc1cc(C=NNC(=O)c2[nH]c3ccc(Br)cc3c2-c2ccccc2)ccc1OC(=O)c1cccc(C)c1. The van der Waals surface area contributed by atoms with Crippen molar-refractivity contribution in [3.05, 3.63) is 118 Å². The molecule has 0 saturated heterocycles. The van der Waals surface area contributed by atoms with Crippen molar-refractivity contribution < 1.29 is 19.1 Å². The lowest BCUT2D eigenvalue weighted by Gasteiger charge is -2.11. The number of hydrogen-bond donors (Lipinski definition) is 2. The normalized spacial score (nSPS) is 11.1. The zero-order chi connectivity index (χ0) is 28.1. The second-order valence-corrected chi connectivity index (χ2v) is 9.94. The van der Waals surface area contributed by atoms with Crippen molar-refractivity contribution in [3.8, 4) is 22.6 Å². The molecule has 2 N–H and O–H groups in total. The van der Waals surface area contributed by atoms with Crippen molar-refractivity contribution in [2.75, 3.05) is 6.61 Å². The highest BCUT2D eigenvalue weighted by molar-refractivity contribution is 9.10. The minimum atomic E-state index is -0.474. The number of amides is 1.